The molecule has 0 aliphatic carbocycles. The third kappa shape index (κ3) is 3.75. The number of rotatable bonds is 3. The average molecular weight is 202 g/mol. The second-order valence-electron chi connectivity index (χ2n) is 4.05. The van der Waals surface area contributed by atoms with Gasteiger partial charge < -0.3 is 5.11 Å². The second kappa shape index (κ2) is 5.55. The first-order valence-corrected chi connectivity index (χ1v) is 5.27. The minimum Gasteiger partial charge on any atom is -0.383 e. The van der Waals surface area contributed by atoms with Gasteiger partial charge in [-0.25, -0.2) is 0 Å². The van der Waals surface area contributed by atoms with Gasteiger partial charge in [-0.15, -0.1) is 5.73 Å². The molecule has 1 atom stereocenters. The zero-order valence-corrected chi connectivity index (χ0v) is 9.57. The predicted molar refractivity (Wildman–Crippen MR) is 63.5 cm³/mol. The molecule has 0 spiro atoms. The fourth-order valence-corrected chi connectivity index (χ4v) is 1.26. The largest absolute Gasteiger partial charge is 0.383 e. The van der Waals surface area contributed by atoms with Gasteiger partial charge in [0.25, 0.3) is 0 Å². The van der Waals surface area contributed by atoms with Gasteiger partial charge in [0.05, 0.1) is 0 Å². The lowest BCUT2D eigenvalue weighted by Gasteiger charge is -2.09. The van der Waals surface area contributed by atoms with Crippen LogP contribution in [0.15, 0.2) is 47.7 Å². The van der Waals surface area contributed by atoms with Crippen LogP contribution in [0.2, 0.25) is 0 Å². The summed E-state index contributed by atoms with van der Waals surface area (Å²) in [4.78, 5) is 0. The summed E-state index contributed by atoms with van der Waals surface area (Å²) in [5.74, 6) is 0.461. The Labute approximate surface area is 91.8 Å². The topological polar surface area (TPSA) is 20.2 Å². The monoisotopic (exact) mass is 202 g/mol. The summed E-state index contributed by atoms with van der Waals surface area (Å²) in [5, 5.41) is 9.98. The molecular weight excluding hydrogens is 184 g/mol. The molecule has 0 aromatic heterocycles. The van der Waals surface area contributed by atoms with Gasteiger partial charge in [-0.2, -0.15) is 0 Å². The van der Waals surface area contributed by atoms with E-state index in [9.17, 15) is 5.11 Å². The second-order valence-corrected chi connectivity index (χ2v) is 4.05. The van der Waals surface area contributed by atoms with Crippen molar-refractivity contribution < 1.29 is 5.11 Å². The highest BCUT2D eigenvalue weighted by molar-refractivity contribution is 5.24. The number of benzene rings is 1. The van der Waals surface area contributed by atoms with Crippen LogP contribution < -0.4 is 0 Å². The number of aliphatic hydroxyl groups excluding tert-OH is 1. The quantitative estimate of drug-likeness (QED) is 0.744. The van der Waals surface area contributed by atoms with Crippen molar-refractivity contribution in [3.63, 3.8) is 0 Å². The highest BCUT2D eigenvalue weighted by Gasteiger charge is 2.07. The van der Waals surface area contributed by atoms with Gasteiger partial charge in [-0.3, -0.25) is 0 Å². The maximum absolute atomic E-state index is 9.98. The molecule has 0 bridgehead atoms. The smallest absolute Gasteiger partial charge is 0.107 e. The van der Waals surface area contributed by atoms with E-state index < -0.39 is 6.10 Å². The lowest BCUT2D eigenvalue weighted by atomic mass is 10.0. The molecule has 0 amide bonds. The van der Waals surface area contributed by atoms with Crippen molar-refractivity contribution >= 4 is 0 Å². The molecule has 0 aliphatic heterocycles. The zero-order chi connectivity index (χ0) is 11.3. The number of aliphatic hydroxyl groups is 1. The lowest BCUT2D eigenvalue weighted by Crippen LogP contribution is -1.97. The molecule has 80 valence electrons. The summed E-state index contributed by atoms with van der Waals surface area (Å²) in [7, 11) is 0. The minimum atomic E-state index is -0.541. The highest BCUT2D eigenvalue weighted by atomic mass is 16.3. The molecule has 0 saturated heterocycles. The SMILES string of the molecule is CC(=C=CC(C)C)[C@@H](O)c1ccccc1. The van der Waals surface area contributed by atoms with Gasteiger partial charge in [-0.05, 0) is 24.5 Å². The zero-order valence-electron chi connectivity index (χ0n) is 9.57. The van der Waals surface area contributed by atoms with Crippen molar-refractivity contribution in [3.8, 4) is 0 Å². The van der Waals surface area contributed by atoms with E-state index in [1.165, 1.54) is 0 Å². The molecule has 0 saturated carbocycles. The van der Waals surface area contributed by atoms with Gasteiger partial charge in [0.2, 0.25) is 0 Å². The van der Waals surface area contributed by atoms with E-state index in [2.05, 4.69) is 19.6 Å². The Kier molecular flexibility index (Phi) is 4.36. The van der Waals surface area contributed by atoms with Crippen molar-refractivity contribution in [1.82, 2.24) is 0 Å². The lowest BCUT2D eigenvalue weighted by molar-refractivity contribution is 0.216. The van der Waals surface area contributed by atoms with Crippen LogP contribution in [0, 0.1) is 5.92 Å². The van der Waals surface area contributed by atoms with Crippen LogP contribution in [0.5, 0.6) is 0 Å². The van der Waals surface area contributed by atoms with E-state index in [0.29, 0.717) is 5.92 Å². The standard InChI is InChI=1S/C14H18O/c1-11(2)9-10-12(3)14(15)13-7-5-4-6-8-13/h4-9,11,14-15H,1-3H3/t10?,14-/m1/s1. The van der Waals surface area contributed by atoms with E-state index in [0.717, 1.165) is 11.1 Å². The van der Waals surface area contributed by atoms with Crippen molar-refractivity contribution in [1.29, 1.82) is 0 Å². The van der Waals surface area contributed by atoms with Crippen LogP contribution in [0.1, 0.15) is 32.4 Å². The Morgan fingerprint density at radius 2 is 1.87 bits per heavy atom. The Hall–Kier alpha value is -1.30. The third-order valence-corrected chi connectivity index (χ3v) is 2.17. The van der Waals surface area contributed by atoms with Gasteiger partial charge in [-0.1, -0.05) is 44.2 Å². The predicted octanol–water partition coefficient (Wildman–Crippen LogP) is 3.48. The summed E-state index contributed by atoms with van der Waals surface area (Å²) < 4.78 is 0. The van der Waals surface area contributed by atoms with E-state index in [1.807, 2.05) is 43.3 Å². The molecule has 1 heteroatoms. The molecule has 0 unspecified atom stereocenters. The Morgan fingerprint density at radius 3 is 2.40 bits per heavy atom. The van der Waals surface area contributed by atoms with Gasteiger partial charge in [0.15, 0.2) is 0 Å². The summed E-state index contributed by atoms with van der Waals surface area (Å²) in [5.41, 5.74) is 4.89. The fraction of sp³-hybridized carbons (Fsp3) is 0.357. The molecule has 0 fully saturated rings. The first kappa shape index (κ1) is 11.8. The fourth-order valence-electron chi connectivity index (χ4n) is 1.26. The van der Waals surface area contributed by atoms with Crippen molar-refractivity contribution in [3.05, 3.63) is 53.3 Å². The number of hydrogen-bond acceptors (Lipinski definition) is 1. The van der Waals surface area contributed by atoms with Gasteiger partial charge in [0.1, 0.15) is 6.10 Å². The molecule has 1 aromatic rings. The molecule has 1 rings (SSSR count). The van der Waals surface area contributed by atoms with Crippen LogP contribution in [0.25, 0.3) is 0 Å². The maximum Gasteiger partial charge on any atom is 0.107 e. The molecule has 0 heterocycles. The van der Waals surface area contributed by atoms with Crippen molar-refractivity contribution in [2.24, 2.45) is 5.92 Å². The van der Waals surface area contributed by atoms with Crippen molar-refractivity contribution in [2.45, 2.75) is 26.9 Å². The Balaban J connectivity index is 2.86. The van der Waals surface area contributed by atoms with E-state index in [1.54, 1.807) is 0 Å². The van der Waals surface area contributed by atoms with Crippen LogP contribution in [0.3, 0.4) is 0 Å². The van der Waals surface area contributed by atoms with E-state index in [4.69, 9.17) is 0 Å². The maximum atomic E-state index is 9.98. The van der Waals surface area contributed by atoms with E-state index >= 15 is 0 Å². The van der Waals surface area contributed by atoms with Gasteiger partial charge in [0, 0.05) is 5.57 Å². The number of hydrogen-bond donors (Lipinski definition) is 1. The minimum absolute atomic E-state index is 0.461. The Morgan fingerprint density at radius 1 is 1.27 bits per heavy atom. The third-order valence-electron chi connectivity index (χ3n) is 2.17. The highest BCUT2D eigenvalue weighted by Crippen LogP contribution is 2.19. The van der Waals surface area contributed by atoms with Crippen LogP contribution in [-0.2, 0) is 0 Å². The summed E-state index contributed by atoms with van der Waals surface area (Å²) in [6.45, 7) is 6.08. The summed E-state index contributed by atoms with van der Waals surface area (Å²) >= 11 is 0. The molecule has 1 nitrogen and oxygen atoms in total. The molecule has 0 aliphatic rings. The van der Waals surface area contributed by atoms with Crippen molar-refractivity contribution in [2.75, 3.05) is 0 Å². The molecule has 1 aromatic carbocycles. The molecule has 0 radical (unpaired) electrons. The van der Waals surface area contributed by atoms with Crippen LogP contribution >= 0.6 is 0 Å². The van der Waals surface area contributed by atoms with Crippen LogP contribution in [-0.4, -0.2) is 5.11 Å². The Bertz CT molecular complexity index is 356. The molecular formula is C14H18O. The van der Waals surface area contributed by atoms with Gasteiger partial charge >= 0.3 is 0 Å². The van der Waals surface area contributed by atoms with E-state index in [-0.39, 0.29) is 0 Å². The average Bonchev–Trinajstić information content (AvgIpc) is 2.26. The summed E-state index contributed by atoms with van der Waals surface area (Å²) in [6.07, 6.45) is 1.43. The first-order chi connectivity index (χ1) is 7.11. The summed E-state index contributed by atoms with van der Waals surface area (Å²) in [6, 6.07) is 9.64. The molecule has 15 heavy (non-hydrogen) atoms. The first-order valence-electron chi connectivity index (χ1n) is 5.27. The normalized spacial score (nSPS) is 12.1. The van der Waals surface area contributed by atoms with Crippen LogP contribution in [0.4, 0.5) is 0 Å². The molecule has 1 N–H and O–H groups in total.